The van der Waals surface area contributed by atoms with E-state index in [0.717, 1.165) is 38.6 Å². The number of amides is 2. The van der Waals surface area contributed by atoms with Gasteiger partial charge in [-0.3, -0.25) is 9.59 Å². The molecule has 2 N–H and O–H groups in total. The molecule has 6 rings (SSSR count). The molecule has 0 unspecified atom stereocenters. The van der Waals surface area contributed by atoms with Gasteiger partial charge in [-0.15, -0.1) is 0 Å². The van der Waals surface area contributed by atoms with E-state index < -0.39 is 11.8 Å². The van der Waals surface area contributed by atoms with E-state index in [2.05, 4.69) is 5.32 Å². The van der Waals surface area contributed by atoms with Crippen molar-refractivity contribution < 1.29 is 19.4 Å². The van der Waals surface area contributed by atoms with Crippen LogP contribution in [0.25, 0.3) is 0 Å². The maximum absolute atomic E-state index is 13.1. The molecule has 1 saturated heterocycles. The Bertz CT molecular complexity index is 781. The number of carbonyl (C=O) groups excluding carboxylic acids is 2. The van der Waals surface area contributed by atoms with Crippen LogP contribution < -0.4 is 10.1 Å². The Balaban J connectivity index is 1.36. The van der Waals surface area contributed by atoms with Crippen molar-refractivity contribution in [2.75, 3.05) is 13.1 Å². The van der Waals surface area contributed by atoms with Gasteiger partial charge in [-0.2, -0.15) is 0 Å². The van der Waals surface area contributed by atoms with Crippen molar-refractivity contribution in [3.8, 4) is 5.75 Å². The average Bonchev–Trinajstić information content (AvgIpc) is 2.68. The van der Waals surface area contributed by atoms with Gasteiger partial charge in [0, 0.05) is 31.3 Å². The van der Waals surface area contributed by atoms with Gasteiger partial charge < -0.3 is 20.1 Å². The highest BCUT2D eigenvalue weighted by Crippen LogP contribution is 2.52. The summed E-state index contributed by atoms with van der Waals surface area (Å²) in [7, 11) is 0. The molecule has 3 saturated carbocycles. The van der Waals surface area contributed by atoms with E-state index in [-0.39, 0.29) is 29.6 Å². The molecule has 2 heterocycles. The van der Waals surface area contributed by atoms with Crippen molar-refractivity contribution >= 4 is 11.8 Å². The van der Waals surface area contributed by atoms with E-state index >= 15 is 0 Å². The number of β-amino-alcohol motifs (C(OH)–C–C–N with tert-alkyl or cyclic N) is 1. The highest BCUT2D eigenvalue weighted by molar-refractivity contribution is 5.98. The molecule has 144 valence electrons. The first kappa shape index (κ1) is 17.0. The van der Waals surface area contributed by atoms with Gasteiger partial charge in [0.2, 0.25) is 5.91 Å². The average molecular weight is 370 g/mol. The lowest BCUT2D eigenvalue weighted by Gasteiger charge is -2.55. The molecule has 0 radical (unpaired) electrons. The van der Waals surface area contributed by atoms with Crippen LogP contribution in [0.2, 0.25) is 0 Å². The summed E-state index contributed by atoms with van der Waals surface area (Å²) in [5, 5.41) is 13.1. The zero-order valence-electron chi connectivity index (χ0n) is 15.4. The normalized spacial score (nSPS) is 37.5. The number of piperidine rings is 1. The molecule has 2 amide bonds. The van der Waals surface area contributed by atoms with Crippen molar-refractivity contribution in [3.63, 3.8) is 0 Å². The Morgan fingerprint density at radius 3 is 2.89 bits per heavy atom. The van der Waals surface area contributed by atoms with Crippen molar-refractivity contribution in [1.29, 1.82) is 0 Å². The summed E-state index contributed by atoms with van der Waals surface area (Å²) in [6.07, 6.45) is 4.66. The molecule has 5 atom stereocenters. The molecular weight excluding hydrogens is 344 g/mol. The number of rotatable bonds is 1. The van der Waals surface area contributed by atoms with Gasteiger partial charge in [0.25, 0.3) is 5.91 Å². The molecule has 4 fully saturated rings. The third-order valence-corrected chi connectivity index (χ3v) is 6.99. The first-order chi connectivity index (χ1) is 13.1. The lowest BCUT2D eigenvalue weighted by Crippen LogP contribution is -2.67. The molecule has 0 aromatic heterocycles. The number of nitrogens with zero attached hydrogens (tertiary/aromatic N) is 1. The maximum atomic E-state index is 13.1. The van der Waals surface area contributed by atoms with E-state index in [1.54, 1.807) is 6.07 Å². The second kappa shape index (κ2) is 6.23. The fourth-order valence-corrected chi connectivity index (χ4v) is 5.65. The van der Waals surface area contributed by atoms with Gasteiger partial charge in [-0.25, -0.2) is 0 Å². The lowest BCUT2D eigenvalue weighted by atomic mass is 9.59. The summed E-state index contributed by atoms with van der Waals surface area (Å²) < 4.78 is 6.36. The van der Waals surface area contributed by atoms with Crippen LogP contribution in [0.15, 0.2) is 24.3 Å². The van der Waals surface area contributed by atoms with Crippen LogP contribution in [-0.2, 0) is 4.79 Å². The summed E-state index contributed by atoms with van der Waals surface area (Å²) >= 11 is 0. The molecule has 27 heavy (non-hydrogen) atoms. The van der Waals surface area contributed by atoms with Gasteiger partial charge in [0.15, 0.2) is 5.72 Å². The van der Waals surface area contributed by atoms with Gasteiger partial charge in [-0.1, -0.05) is 12.1 Å². The Kier molecular flexibility index (Phi) is 3.93. The van der Waals surface area contributed by atoms with Crippen LogP contribution in [0.4, 0.5) is 0 Å². The van der Waals surface area contributed by atoms with Crippen molar-refractivity contribution in [2.45, 2.75) is 50.4 Å². The zero-order valence-corrected chi connectivity index (χ0v) is 15.4. The van der Waals surface area contributed by atoms with Crippen LogP contribution >= 0.6 is 0 Å². The van der Waals surface area contributed by atoms with Crippen LogP contribution in [0, 0.1) is 17.8 Å². The monoisotopic (exact) mass is 370 g/mol. The molecule has 6 heteroatoms. The third kappa shape index (κ3) is 2.73. The van der Waals surface area contributed by atoms with Gasteiger partial charge in [0.1, 0.15) is 5.75 Å². The third-order valence-electron chi connectivity index (χ3n) is 6.99. The fraction of sp³-hybridized carbons (Fsp3) is 0.619. The molecule has 1 aromatic rings. The number of aliphatic hydroxyl groups excluding tert-OH is 1. The minimum Gasteiger partial charge on any atom is -0.467 e. The Hall–Kier alpha value is -2.08. The largest absolute Gasteiger partial charge is 0.467 e. The maximum Gasteiger partial charge on any atom is 0.258 e. The zero-order chi connectivity index (χ0) is 18.6. The van der Waals surface area contributed by atoms with Gasteiger partial charge >= 0.3 is 0 Å². The van der Waals surface area contributed by atoms with Gasteiger partial charge in [0.05, 0.1) is 11.7 Å². The quantitative estimate of drug-likeness (QED) is 0.792. The first-order valence-electron chi connectivity index (χ1n) is 10.1. The molecular formula is C21H26N2O4. The molecule has 1 aromatic carbocycles. The number of ether oxygens (including phenoxy) is 1. The van der Waals surface area contributed by atoms with Crippen LogP contribution in [0.1, 0.15) is 48.9 Å². The summed E-state index contributed by atoms with van der Waals surface area (Å²) in [5.41, 5.74) is -0.0912. The summed E-state index contributed by atoms with van der Waals surface area (Å²) in [6.45, 7) is 1.20. The highest BCUT2D eigenvalue weighted by atomic mass is 16.5. The number of aliphatic hydroxyl groups is 1. The number of hydrogen-bond acceptors (Lipinski definition) is 4. The summed E-state index contributed by atoms with van der Waals surface area (Å²) in [4.78, 5) is 27.6. The predicted octanol–water partition coefficient (Wildman–Crippen LogP) is 1.92. The smallest absolute Gasteiger partial charge is 0.258 e. The predicted molar refractivity (Wildman–Crippen MR) is 98.0 cm³/mol. The van der Waals surface area contributed by atoms with Crippen LogP contribution in [0.5, 0.6) is 5.75 Å². The van der Waals surface area contributed by atoms with Crippen LogP contribution in [-0.4, -0.2) is 46.7 Å². The Labute approximate surface area is 158 Å². The highest BCUT2D eigenvalue weighted by Gasteiger charge is 2.57. The Morgan fingerprint density at radius 1 is 1.26 bits per heavy atom. The summed E-state index contributed by atoms with van der Waals surface area (Å²) in [5.74, 6) is 1.09. The molecule has 2 bridgehead atoms. The van der Waals surface area contributed by atoms with Crippen LogP contribution in [0.3, 0.4) is 0 Å². The molecule has 1 spiro atoms. The second-order valence-corrected chi connectivity index (χ2v) is 8.60. The SMILES string of the molecule is O=C1N[C@]2(C[C@H]3CC[C@H]2C[C@@H]3C(=O)N2CCC[C@@H](O)C2)Oc2ccccc21. The Morgan fingerprint density at radius 2 is 2.11 bits per heavy atom. The molecule has 5 aliphatic rings. The first-order valence-corrected chi connectivity index (χ1v) is 10.1. The van der Waals surface area contributed by atoms with E-state index in [4.69, 9.17) is 4.74 Å². The van der Waals surface area contributed by atoms with E-state index in [1.165, 1.54) is 0 Å². The number of para-hydroxylation sites is 1. The number of benzene rings is 1. The minimum absolute atomic E-state index is 0.0163. The van der Waals surface area contributed by atoms with Crippen molar-refractivity contribution in [3.05, 3.63) is 29.8 Å². The number of fused-ring (bicyclic) bond motifs is 3. The summed E-state index contributed by atoms with van der Waals surface area (Å²) in [6, 6.07) is 7.37. The van der Waals surface area contributed by atoms with E-state index in [0.29, 0.717) is 24.3 Å². The molecule has 3 aliphatic carbocycles. The molecule has 6 nitrogen and oxygen atoms in total. The second-order valence-electron chi connectivity index (χ2n) is 8.60. The number of likely N-dealkylation sites (tertiary alicyclic amines) is 1. The van der Waals surface area contributed by atoms with Gasteiger partial charge in [-0.05, 0) is 50.2 Å². The van der Waals surface area contributed by atoms with E-state index in [9.17, 15) is 14.7 Å². The number of nitrogens with one attached hydrogen (secondary N) is 1. The number of hydrogen-bond donors (Lipinski definition) is 2. The fourth-order valence-electron chi connectivity index (χ4n) is 5.65. The minimum atomic E-state index is -0.674. The molecule has 2 aliphatic heterocycles. The van der Waals surface area contributed by atoms with Crippen molar-refractivity contribution in [1.82, 2.24) is 10.2 Å². The van der Waals surface area contributed by atoms with Crippen molar-refractivity contribution in [2.24, 2.45) is 17.8 Å². The number of carbonyl (C=O) groups is 2. The topological polar surface area (TPSA) is 78.9 Å². The lowest BCUT2D eigenvalue weighted by molar-refractivity contribution is -0.157. The standard InChI is InChI=1S/C21H26N2O4/c24-15-4-3-9-23(12-15)20(26)17-10-14-8-7-13(17)11-21(14)22-19(25)16-5-1-2-6-18(16)27-21/h1-2,5-6,13-15,17,24H,3-4,7-12H2,(H,22,25)/t13-,14+,15-,17+,21-/m1/s1. The van der Waals surface area contributed by atoms with E-state index in [1.807, 2.05) is 23.1 Å².